The predicted molar refractivity (Wildman–Crippen MR) is 187 cm³/mol. The van der Waals surface area contributed by atoms with Crippen LogP contribution >= 0.6 is 23.5 Å². The van der Waals surface area contributed by atoms with Crippen molar-refractivity contribution >= 4 is 50.1 Å². The third-order valence-electron chi connectivity index (χ3n) is 7.39. The van der Waals surface area contributed by atoms with E-state index in [0.717, 1.165) is 16.9 Å². The van der Waals surface area contributed by atoms with Crippen molar-refractivity contribution < 1.29 is 0 Å². The minimum absolute atomic E-state index is 0.489. The monoisotopic (exact) mass is 578 g/mol. The Morgan fingerprint density at radius 3 is 2.02 bits per heavy atom. The largest absolute Gasteiger partial charge is 0.404 e. The molecule has 0 radical (unpaired) electrons. The standard InChI is InChI=1S/C38H30N2S2/c1-2-42-38(40)31-15-9-14-30(23-31)36-32-16-6-7-17-33(32)37(29-13-8-10-26(22-29)25-41-21-20-39)35-24-28(18-19-34(35)36)27-11-4-3-5-12-27/h2-24,40H,1,25,39H2/b21-20-,40-38?. The average molecular weight is 579 g/mol. The van der Waals surface area contributed by atoms with E-state index in [4.69, 9.17) is 11.1 Å². The Morgan fingerprint density at radius 1 is 0.643 bits per heavy atom. The summed E-state index contributed by atoms with van der Waals surface area (Å²) in [6.45, 7) is 3.80. The van der Waals surface area contributed by atoms with Crippen molar-refractivity contribution in [1.29, 1.82) is 5.41 Å². The van der Waals surface area contributed by atoms with Gasteiger partial charge in [-0.15, -0.1) is 11.8 Å². The number of hydrogen-bond acceptors (Lipinski definition) is 4. The van der Waals surface area contributed by atoms with Crippen LogP contribution in [0.25, 0.3) is 54.9 Å². The van der Waals surface area contributed by atoms with E-state index in [1.165, 1.54) is 66.7 Å². The summed E-state index contributed by atoms with van der Waals surface area (Å²) in [5.74, 6) is 0.853. The van der Waals surface area contributed by atoms with Crippen molar-refractivity contribution in [1.82, 2.24) is 0 Å². The molecule has 0 heterocycles. The molecule has 0 aromatic heterocycles. The topological polar surface area (TPSA) is 49.9 Å². The molecule has 2 nitrogen and oxygen atoms in total. The molecule has 6 aromatic carbocycles. The van der Waals surface area contributed by atoms with Gasteiger partial charge in [0.05, 0.1) is 5.04 Å². The first-order chi connectivity index (χ1) is 20.7. The lowest BCUT2D eigenvalue weighted by atomic mass is 9.84. The molecular weight excluding hydrogens is 549 g/mol. The van der Waals surface area contributed by atoms with E-state index >= 15 is 0 Å². The number of rotatable bonds is 8. The van der Waals surface area contributed by atoms with Gasteiger partial charge >= 0.3 is 0 Å². The first kappa shape index (κ1) is 27.6. The Hall–Kier alpha value is -4.51. The van der Waals surface area contributed by atoms with Crippen molar-refractivity contribution in [2.24, 2.45) is 5.73 Å². The lowest BCUT2D eigenvalue weighted by Crippen LogP contribution is -1.95. The van der Waals surface area contributed by atoms with E-state index in [-0.39, 0.29) is 0 Å². The number of nitrogens with two attached hydrogens (primary N) is 1. The first-order valence-electron chi connectivity index (χ1n) is 13.8. The summed E-state index contributed by atoms with van der Waals surface area (Å²) in [4.78, 5) is 0. The van der Waals surface area contributed by atoms with Gasteiger partial charge in [-0.05, 0) is 83.4 Å². The van der Waals surface area contributed by atoms with E-state index < -0.39 is 0 Å². The second-order valence-corrected chi connectivity index (χ2v) is 11.8. The molecule has 0 aliphatic rings. The number of fused-ring (bicyclic) bond motifs is 2. The van der Waals surface area contributed by atoms with Crippen LogP contribution in [0.4, 0.5) is 0 Å². The number of thioether (sulfide) groups is 2. The smallest absolute Gasteiger partial charge is 0.0984 e. The fraction of sp³-hybridized carbons (Fsp3) is 0.0263. The normalized spacial score (nSPS) is 11.3. The van der Waals surface area contributed by atoms with Crippen LogP contribution in [0.1, 0.15) is 11.1 Å². The molecule has 6 aromatic rings. The molecule has 42 heavy (non-hydrogen) atoms. The van der Waals surface area contributed by atoms with E-state index in [1.54, 1.807) is 23.4 Å². The van der Waals surface area contributed by atoms with Crippen LogP contribution in [0.3, 0.4) is 0 Å². The zero-order valence-corrected chi connectivity index (χ0v) is 24.7. The van der Waals surface area contributed by atoms with Crippen LogP contribution in [0.2, 0.25) is 0 Å². The Balaban J connectivity index is 1.67. The van der Waals surface area contributed by atoms with E-state index in [2.05, 4.69) is 116 Å². The minimum atomic E-state index is 0.489. The van der Waals surface area contributed by atoms with Crippen LogP contribution in [-0.4, -0.2) is 5.04 Å². The summed E-state index contributed by atoms with van der Waals surface area (Å²) < 4.78 is 0. The molecule has 204 valence electrons. The molecule has 0 amide bonds. The Morgan fingerprint density at radius 2 is 1.29 bits per heavy atom. The zero-order valence-electron chi connectivity index (χ0n) is 23.1. The molecule has 6 rings (SSSR count). The SMILES string of the molecule is C=CSC(=N)c1cccc(-c2c3ccccc3c(-c3cccc(CS/C=C\N)c3)c3cc(-c4ccccc4)ccc23)c1. The molecule has 3 N–H and O–H groups in total. The number of benzene rings is 6. The quantitative estimate of drug-likeness (QED) is 0.107. The lowest BCUT2D eigenvalue weighted by molar-refractivity contribution is 1.42. The second kappa shape index (κ2) is 12.6. The Bertz CT molecular complexity index is 1960. The molecule has 0 unspecified atom stereocenters. The average Bonchev–Trinajstić information content (AvgIpc) is 3.04. The molecular formula is C38H30N2S2. The van der Waals surface area contributed by atoms with E-state index in [0.29, 0.717) is 5.04 Å². The van der Waals surface area contributed by atoms with Gasteiger partial charge in [-0.25, -0.2) is 0 Å². The lowest BCUT2D eigenvalue weighted by Gasteiger charge is -2.19. The van der Waals surface area contributed by atoms with Gasteiger partial charge < -0.3 is 5.73 Å². The first-order valence-corrected chi connectivity index (χ1v) is 15.7. The van der Waals surface area contributed by atoms with E-state index in [1.807, 2.05) is 17.5 Å². The van der Waals surface area contributed by atoms with Crippen LogP contribution in [-0.2, 0) is 5.75 Å². The van der Waals surface area contributed by atoms with Gasteiger partial charge in [-0.2, -0.15) is 0 Å². The maximum Gasteiger partial charge on any atom is 0.0984 e. The van der Waals surface area contributed by atoms with Crippen molar-refractivity contribution in [3.8, 4) is 33.4 Å². The third-order valence-corrected chi connectivity index (χ3v) is 8.87. The van der Waals surface area contributed by atoms with Gasteiger partial charge in [0, 0.05) is 17.5 Å². The summed E-state index contributed by atoms with van der Waals surface area (Å²) in [5.41, 5.74) is 14.8. The molecule has 0 aliphatic carbocycles. The van der Waals surface area contributed by atoms with Crippen molar-refractivity contribution in [2.45, 2.75) is 5.75 Å². The third kappa shape index (κ3) is 5.52. The molecule has 0 bridgehead atoms. The molecule has 0 aliphatic heterocycles. The fourth-order valence-corrected chi connectivity index (χ4v) is 6.60. The van der Waals surface area contributed by atoms with Crippen molar-refractivity contribution in [3.63, 3.8) is 0 Å². The van der Waals surface area contributed by atoms with E-state index in [9.17, 15) is 0 Å². The summed E-state index contributed by atoms with van der Waals surface area (Å²) in [5, 5.41) is 17.5. The summed E-state index contributed by atoms with van der Waals surface area (Å²) in [6.07, 6.45) is 1.59. The van der Waals surface area contributed by atoms with Gasteiger partial charge in [0.25, 0.3) is 0 Å². The Labute approximate surface area is 255 Å². The van der Waals surface area contributed by atoms with Crippen molar-refractivity contribution in [3.05, 3.63) is 156 Å². The summed E-state index contributed by atoms with van der Waals surface area (Å²) in [6, 6.07) is 43.3. The van der Waals surface area contributed by atoms with Crippen LogP contribution in [0.5, 0.6) is 0 Å². The molecule has 0 spiro atoms. The van der Waals surface area contributed by atoms with Gasteiger partial charge in [0.2, 0.25) is 0 Å². The van der Waals surface area contributed by atoms with Gasteiger partial charge in [0.15, 0.2) is 0 Å². The fourth-order valence-electron chi connectivity index (χ4n) is 5.59. The highest BCUT2D eigenvalue weighted by atomic mass is 32.2. The molecule has 0 atom stereocenters. The van der Waals surface area contributed by atoms with Crippen LogP contribution < -0.4 is 5.73 Å². The van der Waals surface area contributed by atoms with Gasteiger partial charge in [-0.3, -0.25) is 5.41 Å². The van der Waals surface area contributed by atoms with Gasteiger partial charge in [0.1, 0.15) is 0 Å². The highest BCUT2D eigenvalue weighted by molar-refractivity contribution is 8.16. The minimum Gasteiger partial charge on any atom is -0.404 e. The molecule has 0 fully saturated rings. The molecule has 0 saturated heterocycles. The molecule has 0 saturated carbocycles. The molecule has 4 heteroatoms. The highest BCUT2D eigenvalue weighted by Crippen LogP contribution is 2.45. The van der Waals surface area contributed by atoms with Crippen molar-refractivity contribution in [2.75, 3.05) is 0 Å². The summed E-state index contributed by atoms with van der Waals surface area (Å²) >= 11 is 3.03. The predicted octanol–water partition coefficient (Wildman–Crippen LogP) is 10.9. The number of nitrogens with one attached hydrogen (secondary N) is 1. The maximum atomic E-state index is 8.54. The second-order valence-electron chi connectivity index (χ2n) is 9.96. The van der Waals surface area contributed by atoms with Crippen LogP contribution in [0, 0.1) is 5.41 Å². The zero-order chi connectivity index (χ0) is 28.9. The van der Waals surface area contributed by atoms with Crippen LogP contribution in [0.15, 0.2) is 145 Å². The summed E-state index contributed by atoms with van der Waals surface area (Å²) in [7, 11) is 0. The van der Waals surface area contributed by atoms with Gasteiger partial charge in [-0.1, -0.05) is 128 Å². The number of hydrogen-bond donors (Lipinski definition) is 2. The highest BCUT2D eigenvalue weighted by Gasteiger charge is 2.18. The maximum absolute atomic E-state index is 8.54. The Kier molecular flexibility index (Phi) is 8.27.